The number of halogens is 3. The number of nitrogens with zero attached hydrogens (tertiary/aromatic N) is 1. The van der Waals surface area contributed by atoms with Crippen LogP contribution in [-0.4, -0.2) is 15.7 Å². The number of alkyl halides is 2. The van der Waals surface area contributed by atoms with E-state index in [1.807, 2.05) is 41.5 Å². The first-order chi connectivity index (χ1) is 6.36. The van der Waals surface area contributed by atoms with Crippen molar-refractivity contribution in [1.29, 1.82) is 0 Å². The summed E-state index contributed by atoms with van der Waals surface area (Å²) in [4.78, 5) is 0. The molecule has 2 nitrogen and oxygen atoms in total. The van der Waals surface area contributed by atoms with E-state index in [1.54, 1.807) is 0 Å². The molecular weight excluding hydrogens is 273 g/mol. The second-order valence-corrected chi connectivity index (χ2v) is 10.9. The molecule has 0 aliphatic rings. The molecule has 0 fully saturated rings. The molecule has 0 aromatic heterocycles. The Labute approximate surface area is 108 Å². The Hall–Kier alpha value is 1.06. The van der Waals surface area contributed by atoms with Gasteiger partial charge in [0.2, 0.25) is 0 Å². The zero-order valence-electron chi connectivity index (χ0n) is 10.1. The van der Waals surface area contributed by atoms with Crippen LogP contribution in [0.25, 0.3) is 0 Å². The van der Waals surface area contributed by atoms with Crippen LogP contribution < -0.4 is 5.09 Å². The van der Waals surface area contributed by atoms with E-state index in [4.69, 9.17) is 34.4 Å². The van der Waals surface area contributed by atoms with E-state index in [2.05, 4.69) is 9.83 Å². The molecule has 0 aliphatic carbocycles. The fourth-order valence-corrected chi connectivity index (χ4v) is 5.07. The molecule has 0 radical (unpaired) electrons. The lowest BCUT2D eigenvalue weighted by atomic mass is 10.1. The molecule has 0 aliphatic heterocycles. The molecule has 0 spiro atoms. The fourth-order valence-electron chi connectivity index (χ4n) is 1.02. The quantitative estimate of drug-likeness (QED) is 0.549. The molecule has 0 bridgehead atoms. The Morgan fingerprint density at radius 1 is 1.07 bits per heavy atom. The Morgan fingerprint density at radius 2 is 1.47 bits per heavy atom. The monoisotopic (exact) mass is 292 g/mol. The highest BCUT2D eigenvalue weighted by Gasteiger charge is 2.31. The van der Waals surface area contributed by atoms with Crippen LogP contribution in [0.1, 0.15) is 41.5 Å². The predicted molar refractivity (Wildman–Crippen MR) is 73.3 cm³/mol. The Balaban J connectivity index is 5.19. The molecule has 15 heavy (non-hydrogen) atoms. The zero-order chi connectivity index (χ0) is 12.5. The summed E-state index contributed by atoms with van der Waals surface area (Å²) in [6.07, 6.45) is 0. The summed E-state index contributed by atoms with van der Waals surface area (Å²) in [6.45, 7) is 9.56. The summed E-state index contributed by atoms with van der Waals surface area (Å²) in [5, 5.41) is 3.23. The average molecular weight is 294 g/mol. The first-order valence-corrected chi connectivity index (χ1v) is 8.35. The minimum atomic E-state index is -2.41. The maximum atomic E-state index is 6.41. The average Bonchev–Trinajstić information content (AvgIpc) is 1.75. The second-order valence-electron chi connectivity index (χ2n) is 5.51. The van der Waals surface area contributed by atoms with Gasteiger partial charge in [-0.15, -0.1) is 0 Å². The van der Waals surface area contributed by atoms with Crippen molar-refractivity contribution in [2.75, 3.05) is 0 Å². The highest BCUT2D eigenvalue weighted by Crippen LogP contribution is 2.61. The molecule has 1 N–H and O–H groups in total. The van der Waals surface area contributed by atoms with Crippen molar-refractivity contribution in [3.8, 4) is 0 Å². The van der Waals surface area contributed by atoms with E-state index >= 15 is 0 Å². The van der Waals surface area contributed by atoms with Gasteiger partial charge >= 0.3 is 0 Å². The number of hydrogen-bond donors (Lipinski definition) is 1. The molecule has 0 rings (SSSR count). The molecule has 6 heteroatoms. The van der Waals surface area contributed by atoms with Crippen LogP contribution in [0.15, 0.2) is 4.74 Å². The van der Waals surface area contributed by atoms with Crippen LogP contribution in [0, 0.1) is 0 Å². The van der Waals surface area contributed by atoms with Gasteiger partial charge in [0.25, 0.3) is 0 Å². The van der Waals surface area contributed by atoms with E-state index in [0.29, 0.717) is 0 Å². The van der Waals surface area contributed by atoms with E-state index in [1.165, 1.54) is 0 Å². The third kappa shape index (κ3) is 7.07. The van der Waals surface area contributed by atoms with Crippen LogP contribution in [0.5, 0.6) is 0 Å². The van der Waals surface area contributed by atoms with Crippen molar-refractivity contribution in [1.82, 2.24) is 5.09 Å². The van der Waals surface area contributed by atoms with Crippen molar-refractivity contribution in [2.45, 2.75) is 57.2 Å². The Bertz CT molecular complexity index is 264. The predicted octanol–water partition coefficient (Wildman–Crippen LogP) is 5.20. The minimum Gasteiger partial charge on any atom is -0.266 e. The van der Waals surface area contributed by atoms with Crippen LogP contribution >= 0.6 is 41.0 Å². The smallest absolute Gasteiger partial charge is 0.167 e. The molecule has 1 unspecified atom stereocenters. The Morgan fingerprint density at radius 3 is 1.67 bits per heavy atom. The van der Waals surface area contributed by atoms with E-state index in [-0.39, 0.29) is 11.1 Å². The van der Waals surface area contributed by atoms with Gasteiger partial charge in [0.15, 0.2) is 4.58 Å². The van der Waals surface area contributed by atoms with Gasteiger partial charge in [-0.1, -0.05) is 34.4 Å². The molecule has 0 saturated heterocycles. The highest BCUT2D eigenvalue weighted by atomic mass is 35.7. The standard InChI is InChI=1S/C9H20Cl3N2P/c1-8(2,3)13-15(12,7(10)11)14-9(4,5)6/h7,13H,1-6H3. The summed E-state index contributed by atoms with van der Waals surface area (Å²) in [5.74, 6) is 0. The number of nitrogens with one attached hydrogen (secondary N) is 1. The lowest BCUT2D eigenvalue weighted by Gasteiger charge is -2.32. The van der Waals surface area contributed by atoms with E-state index in [9.17, 15) is 0 Å². The maximum absolute atomic E-state index is 6.41. The molecule has 92 valence electrons. The number of hydrogen-bond acceptors (Lipinski definition) is 1. The molecule has 0 amide bonds. The molecule has 0 aromatic carbocycles. The third-order valence-electron chi connectivity index (χ3n) is 1.20. The van der Waals surface area contributed by atoms with Gasteiger partial charge in [-0.2, -0.15) is 0 Å². The molecule has 0 heterocycles. The van der Waals surface area contributed by atoms with Crippen LogP contribution in [0.4, 0.5) is 0 Å². The first kappa shape index (κ1) is 16.1. The highest BCUT2D eigenvalue weighted by molar-refractivity contribution is 7.92. The van der Waals surface area contributed by atoms with E-state index in [0.717, 1.165) is 0 Å². The van der Waals surface area contributed by atoms with Crippen LogP contribution in [0.2, 0.25) is 0 Å². The van der Waals surface area contributed by atoms with Crippen molar-refractivity contribution < 1.29 is 0 Å². The topological polar surface area (TPSA) is 24.4 Å². The van der Waals surface area contributed by atoms with Crippen LogP contribution in [-0.2, 0) is 0 Å². The normalized spacial score (nSPS) is 17.7. The summed E-state index contributed by atoms with van der Waals surface area (Å²) in [7, 11) is 0. The van der Waals surface area contributed by atoms with Gasteiger partial charge in [0, 0.05) is 5.54 Å². The van der Waals surface area contributed by atoms with Crippen molar-refractivity contribution in [3.05, 3.63) is 0 Å². The Kier molecular flexibility index (Phi) is 5.51. The van der Waals surface area contributed by atoms with Gasteiger partial charge in [0.05, 0.1) is 5.54 Å². The van der Waals surface area contributed by atoms with Crippen LogP contribution in [0.3, 0.4) is 0 Å². The SMILES string of the molecule is CC(C)(C)N=P(Cl)(NC(C)(C)C)C(Cl)Cl. The van der Waals surface area contributed by atoms with Gasteiger partial charge < -0.3 is 0 Å². The summed E-state index contributed by atoms with van der Waals surface area (Å²) >= 11 is 18.3. The lowest BCUT2D eigenvalue weighted by Crippen LogP contribution is -2.34. The van der Waals surface area contributed by atoms with Gasteiger partial charge in [0.1, 0.15) is 6.56 Å². The van der Waals surface area contributed by atoms with Crippen molar-refractivity contribution >= 4 is 41.0 Å². The van der Waals surface area contributed by atoms with Crippen molar-refractivity contribution in [3.63, 3.8) is 0 Å². The largest absolute Gasteiger partial charge is 0.266 e. The van der Waals surface area contributed by atoms with Gasteiger partial charge in [-0.3, -0.25) is 9.83 Å². The minimum absolute atomic E-state index is 0.160. The second kappa shape index (κ2) is 5.14. The zero-order valence-corrected chi connectivity index (χ0v) is 13.3. The summed E-state index contributed by atoms with van der Waals surface area (Å²) < 4.78 is 3.83. The van der Waals surface area contributed by atoms with Gasteiger partial charge in [-0.25, -0.2) is 0 Å². The first-order valence-electron chi connectivity index (χ1n) is 4.76. The van der Waals surface area contributed by atoms with Crippen molar-refractivity contribution in [2.24, 2.45) is 4.74 Å². The third-order valence-corrected chi connectivity index (χ3v) is 6.95. The fraction of sp³-hybridized carbons (Fsp3) is 1.00. The molecule has 0 saturated carbocycles. The molecular formula is C9H20Cl3N2P. The summed E-state index contributed by atoms with van der Waals surface area (Å²) in [6, 6.07) is 0. The molecule has 1 atom stereocenters. The summed E-state index contributed by atoms with van der Waals surface area (Å²) in [5.41, 5.74) is -0.415. The molecule has 0 aromatic rings. The number of rotatable bonds is 2. The maximum Gasteiger partial charge on any atom is 0.167 e. The van der Waals surface area contributed by atoms with Gasteiger partial charge in [-0.05, 0) is 41.5 Å². The van der Waals surface area contributed by atoms with E-state index < -0.39 is 11.1 Å². The lowest BCUT2D eigenvalue weighted by molar-refractivity contribution is 0.523.